The first-order valence-corrected chi connectivity index (χ1v) is 8.40. The van der Waals surface area contributed by atoms with Crippen LogP contribution in [0.1, 0.15) is 47.8 Å². The van der Waals surface area contributed by atoms with Gasteiger partial charge in [0.15, 0.2) is 0 Å². The van der Waals surface area contributed by atoms with Crippen LogP contribution in [0.15, 0.2) is 35.7 Å². The summed E-state index contributed by atoms with van der Waals surface area (Å²) in [5.41, 5.74) is 3.28. The Morgan fingerprint density at radius 2 is 1.95 bits per heavy atom. The second kappa shape index (κ2) is 5.71. The molecule has 3 rings (SSSR count). The van der Waals surface area contributed by atoms with Crippen LogP contribution in [0.2, 0.25) is 0 Å². The Balaban J connectivity index is 1.76. The zero-order valence-electron chi connectivity index (χ0n) is 12.1. The number of hydrogen-bond acceptors (Lipinski definition) is 2. The Kier molecular flexibility index (Phi) is 3.95. The molecular weight excluding hydrogens is 264 g/mol. The first-order chi connectivity index (χ1) is 9.65. The lowest BCUT2D eigenvalue weighted by Crippen LogP contribution is -2.22. The van der Waals surface area contributed by atoms with E-state index >= 15 is 0 Å². The Morgan fingerprint density at radius 1 is 1.15 bits per heavy atom. The number of thiophene rings is 1. The van der Waals surface area contributed by atoms with E-state index in [1.165, 1.54) is 41.7 Å². The number of aryl methyl sites for hydroxylation is 3. The van der Waals surface area contributed by atoms with Gasteiger partial charge in [0.1, 0.15) is 0 Å². The molecule has 0 amide bonds. The Bertz CT molecular complexity index is 569. The lowest BCUT2D eigenvalue weighted by molar-refractivity contribution is 0.0481. The molecule has 1 atom stereocenters. The van der Waals surface area contributed by atoms with Crippen LogP contribution in [0.25, 0.3) is 0 Å². The number of aliphatic hydroxyl groups is 1. The summed E-state index contributed by atoms with van der Waals surface area (Å²) in [6.45, 7) is 1.95. The summed E-state index contributed by atoms with van der Waals surface area (Å²) in [6.07, 6.45) is 6.69. The number of hydrogen-bond donors (Lipinski definition) is 1. The minimum Gasteiger partial charge on any atom is -0.385 e. The first kappa shape index (κ1) is 13.8. The van der Waals surface area contributed by atoms with Crippen LogP contribution in [0.4, 0.5) is 0 Å². The van der Waals surface area contributed by atoms with Gasteiger partial charge in [-0.2, -0.15) is 0 Å². The monoisotopic (exact) mass is 286 g/mol. The van der Waals surface area contributed by atoms with Crippen LogP contribution in [0.3, 0.4) is 0 Å². The average molecular weight is 286 g/mol. The summed E-state index contributed by atoms with van der Waals surface area (Å²) in [7, 11) is 0. The van der Waals surface area contributed by atoms with E-state index in [-0.39, 0.29) is 0 Å². The third-order valence-electron chi connectivity index (χ3n) is 4.41. The fraction of sp³-hybridized carbons (Fsp3) is 0.444. The van der Waals surface area contributed by atoms with Gasteiger partial charge in [0.2, 0.25) is 0 Å². The zero-order chi connectivity index (χ0) is 14.0. The van der Waals surface area contributed by atoms with Gasteiger partial charge in [0, 0.05) is 4.88 Å². The van der Waals surface area contributed by atoms with Crippen molar-refractivity contribution in [3.05, 3.63) is 57.3 Å². The minimum absolute atomic E-state index is 0.726. The summed E-state index contributed by atoms with van der Waals surface area (Å²) >= 11 is 1.77. The molecule has 1 aromatic heterocycles. The van der Waals surface area contributed by atoms with Gasteiger partial charge in [-0.25, -0.2) is 0 Å². The maximum Gasteiger partial charge on any atom is 0.0872 e. The lowest BCUT2D eigenvalue weighted by atomic mass is 9.84. The quantitative estimate of drug-likeness (QED) is 0.879. The number of benzene rings is 1. The van der Waals surface area contributed by atoms with Crippen molar-refractivity contribution in [1.29, 1.82) is 0 Å². The highest BCUT2D eigenvalue weighted by Crippen LogP contribution is 2.31. The van der Waals surface area contributed by atoms with Crippen molar-refractivity contribution >= 4 is 11.3 Å². The van der Waals surface area contributed by atoms with Crippen LogP contribution >= 0.6 is 11.3 Å². The Labute approximate surface area is 125 Å². The van der Waals surface area contributed by atoms with Crippen LogP contribution < -0.4 is 0 Å². The molecule has 0 spiro atoms. The Morgan fingerprint density at radius 3 is 2.70 bits per heavy atom. The summed E-state index contributed by atoms with van der Waals surface area (Å²) in [4.78, 5) is 1.35. The van der Waals surface area contributed by atoms with Crippen molar-refractivity contribution < 1.29 is 5.11 Å². The van der Waals surface area contributed by atoms with Crippen molar-refractivity contribution in [2.75, 3.05) is 0 Å². The largest absolute Gasteiger partial charge is 0.385 e. The predicted octanol–water partition coefficient (Wildman–Crippen LogP) is 4.47. The normalized spacial score (nSPS) is 17.5. The molecule has 0 saturated carbocycles. The van der Waals surface area contributed by atoms with Gasteiger partial charge in [-0.05, 0) is 73.6 Å². The maximum absolute atomic E-state index is 10.8. The third kappa shape index (κ3) is 2.97. The molecule has 1 unspecified atom stereocenters. The van der Waals surface area contributed by atoms with Crippen molar-refractivity contribution in [1.82, 2.24) is 0 Å². The van der Waals surface area contributed by atoms with Gasteiger partial charge in [0.25, 0.3) is 0 Å². The molecule has 1 aromatic carbocycles. The van der Waals surface area contributed by atoms with E-state index in [1.807, 2.05) is 6.92 Å². The van der Waals surface area contributed by atoms with E-state index in [1.54, 1.807) is 11.3 Å². The second-order valence-electron chi connectivity index (χ2n) is 6.04. The first-order valence-electron chi connectivity index (χ1n) is 7.52. The highest BCUT2D eigenvalue weighted by molar-refractivity contribution is 7.09. The third-order valence-corrected chi connectivity index (χ3v) is 5.34. The molecule has 1 aliphatic carbocycles. The van der Waals surface area contributed by atoms with Gasteiger partial charge in [-0.3, -0.25) is 0 Å². The number of rotatable bonds is 4. The van der Waals surface area contributed by atoms with Crippen LogP contribution in [0.5, 0.6) is 0 Å². The highest BCUT2D eigenvalue weighted by atomic mass is 32.1. The van der Waals surface area contributed by atoms with E-state index in [2.05, 4.69) is 35.7 Å². The molecule has 0 saturated heterocycles. The second-order valence-corrected chi connectivity index (χ2v) is 7.08. The Hall–Kier alpha value is -1.12. The summed E-state index contributed by atoms with van der Waals surface area (Å²) in [6, 6.07) is 10.8. The SMILES string of the molecule is CC(O)(CCc1cccs1)c1ccc2c(c1)CCCC2. The minimum atomic E-state index is -0.726. The van der Waals surface area contributed by atoms with Crippen molar-refractivity contribution in [2.45, 2.75) is 51.0 Å². The summed E-state index contributed by atoms with van der Waals surface area (Å²) in [5, 5.41) is 12.9. The van der Waals surface area contributed by atoms with Crippen molar-refractivity contribution in [2.24, 2.45) is 0 Å². The van der Waals surface area contributed by atoms with Gasteiger partial charge in [-0.1, -0.05) is 24.3 Å². The lowest BCUT2D eigenvalue weighted by Gasteiger charge is -2.26. The van der Waals surface area contributed by atoms with E-state index in [4.69, 9.17) is 0 Å². The predicted molar refractivity (Wildman–Crippen MR) is 85.3 cm³/mol. The van der Waals surface area contributed by atoms with Gasteiger partial charge >= 0.3 is 0 Å². The average Bonchev–Trinajstić information content (AvgIpc) is 2.98. The smallest absolute Gasteiger partial charge is 0.0872 e. The molecule has 0 fully saturated rings. The maximum atomic E-state index is 10.8. The fourth-order valence-corrected chi connectivity index (χ4v) is 3.74. The zero-order valence-corrected chi connectivity index (χ0v) is 12.9. The van der Waals surface area contributed by atoms with Crippen LogP contribution in [-0.2, 0) is 24.9 Å². The van der Waals surface area contributed by atoms with Crippen LogP contribution in [0, 0.1) is 0 Å². The van der Waals surface area contributed by atoms with Gasteiger partial charge in [0.05, 0.1) is 5.60 Å². The molecule has 1 nitrogen and oxygen atoms in total. The topological polar surface area (TPSA) is 20.2 Å². The molecule has 2 aromatic rings. The molecular formula is C18H22OS. The molecule has 1 N–H and O–H groups in total. The summed E-state index contributed by atoms with van der Waals surface area (Å²) in [5.74, 6) is 0. The summed E-state index contributed by atoms with van der Waals surface area (Å²) < 4.78 is 0. The molecule has 106 valence electrons. The molecule has 0 radical (unpaired) electrons. The van der Waals surface area contributed by atoms with Gasteiger partial charge in [-0.15, -0.1) is 11.3 Å². The van der Waals surface area contributed by atoms with E-state index in [0.29, 0.717) is 0 Å². The number of fused-ring (bicyclic) bond motifs is 1. The molecule has 1 heterocycles. The highest BCUT2D eigenvalue weighted by Gasteiger charge is 2.24. The molecule has 0 aliphatic heterocycles. The molecule has 20 heavy (non-hydrogen) atoms. The van der Waals surface area contributed by atoms with Gasteiger partial charge < -0.3 is 5.11 Å². The molecule has 2 heteroatoms. The van der Waals surface area contributed by atoms with Crippen molar-refractivity contribution in [3.63, 3.8) is 0 Å². The van der Waals surface area contributed by atoms with Crippen molar-refractivity contribution in [3.8, 4) is 0 Å². The molecule has 1 aliphatic rings. The fourth-order valence-electron chi connectivity index (χ4n) is 3.03. The van der Waals surface area contributed by atoms with E-state index < -0.39 is 5.60 Å². The van der Waals surface area contributed by atoms with Crippen LogP contribution in [-0.4, -0.2) is 5.11 Å². The van der Waals surface area contributed by atoms with E-state index in [0.717, 1.165) is 18.4 Å². The standard InChI is InChI=1S/C18H22OS/c1-18(19,11-10-17-7-4-12-20-17)16-9-8-14-5-2-3-6-15(14)13-16/h4,7-9,12-13,19H,2-3,5-6,10-11H2,1H3. The molecule has 0 bridgehead atoms. The van der Waals surface area contributed by atoms with E-state index in [9.17, 15) is 5.11 Å².